The summed E-state index contributed by atoms with van der Waals surface area (Å²) in [4.78, 5) is 4.40. The van der Waals surface area contributed by atoms with Crippen LogP contribution in [0.15, 0.2) is 28.3 Å². The lowest BCUT2D eigenvalue weighted by Crippen LogP contribution is -2.26. The van der Waals surface area contributed by atoms with E-state index >= 15 is 0 Å². The molecule has 2 atom stereocenters. The Labute approximate surface area is 170 Å². The average Bonchev–Trinajstić information content (AvgIpc) is 3.03. The fourth-order valence-corrected chi connectivity index (χ4v) is 4.49. The van der Waals surface area contributed by atoms with Crippen LogP contribution in [0.25, 0.3) is 0 Å². The Morgan fingerprint density at radius 3 is 2.86 bits per heavy atom. The second-order valence-corrected chi connectivity index (χ2v) is 7.43. The number of imidazole rings is 1. The van der Waals surface area contributed by atoms with Gasteiger partial charge in [-0.1, -0.05) is 6.08 Å². The van der Waals surface area contributed by atoms with E-state index in [1.165, 1.54) is 4.57 Å². The maximum atomic E-state index is 9.65. The molecule has 1 aliphatic heterocycles. The number of hydrogen-bond donors (Lipinski definition) is 2. The van der Waals surface area contributed by atoms with Gasteiger partial charge in [0.15, 0.2) is 29.7 Å². The van der Waals surface area contributed by atoms with Crippen LogP contribution in [-0.4, -0.2) is 29.7 Å². The molecule has 0 saturated carbocycles. The molecular weight excluding hydrogens is 426 g/mol. The van der Waals surface area contributed by atoms with Gasteiger partial charge < -0.3 is 19.9 Å². The minimum atomic E-state index is -0.479. The number of aromatic nitrogens is 2. The van der Waals surface area contributed by atoms with Gasteiger partial charge in [-0.15, -0.1) is 0 Å². The molecule has 1 aromatic heterocycles. The van der Waals surface area contributed by atoms with Gasteiger partial charge in [0.2, 0.25) is 5.95 Å². The fourth-order valence-electron chi connectivity index (χ4n) is 3.87. The summed E-state index contributed by atoms with van der Waals surface area (Å²) in [6.45, 7) is 0. The van der Waals surface area contributed by atoms with Crippen LogP contribution in [0, 0.1) is 16.9 Å². The summed E-state index contributed by atoms with van der Waals surface area (Å²) in [6.07, 6.45) is 4.70. The second-order valence-electron chi connectivity index (χ2n) is 6.58. The van der Waals surface area contributed by atoms with Crippen LogP contribution in [0.5, 0.6) is 11.5 Å². The van der Waals surface area contributed by atoms with Crippen LogP contribution in [-0.2, 0) is 4.74 Å². The van der Waals surface area contributed by atoms with E-state index in [-0.39, 0.29) is 17.8 Å². The van der Waals surface area contributed by atoms with Crippen molar-refractivity contribution < 1.29 is 14.2 Å². The number of nitrogen functional groups attached to an aromatic ring is 1. The normalized spacial score (nSPS) is 20.4. The Bertz CT molecular complexity index is 1050. The van der Waals surface area contributed by atoms with Gasteiger partial charge in [0, 0.05) is 12.3 Å². The van der Waals surface area contributed by atoms with Crippen LogP contribution >= 0.6 is 15.9 Å². The van der Waals surface area contributed by atoms with Gasteiger partial charge in [-0.2, -0.15) is 5.26 Å². The number of anilines is 1. The second kappa shape index (κ2) is 6.87. The molecule has 1 aliphatic carbocycles. The third kappa shape index (κ3) is 2.72. The zero-order valence-corrected chi connectivity index (χ0v) is 16.9. The Kier molecular flexibility index (Phi) is 4.51. The number of nitrogens with one attached hydrogen (secondary N) is 1. The molecule has 144 valence electrons. The zero-order valence-electron chi connectivity index (χ0n) is 15.3. The van der Waals surface area contributed by atoms with E-state index in [9.17, 15) is 5.26 Å². The monoisotopic (exact) mass is 443 g/mol. The molecule has 0 saturated heterocycles. The standard InChI is InChI=1S/C19H18BrN5O3/c1-26-13-7-10(6-12(20)18(13)27-2)11-5-9-3-4-14(22)28-17(9)15-16(11)25(8-21)19(23)24-15/h3,6-7,11,17,22H,4-5H2,1-2H3,(H2,23,24). The van der Waals surface area contributed by atoms with Gasteiger partial charge in [-0.05, 0) is 45.6 Å². The van der Waals surface area contributed by atoms with Crippen LogP contribution in [0.4, 0.5) is 5.95 Å². The van der Waals surface area contributed by atoms with E-state index < -0.39 is 6.10 Å². The van der Waals surface area contributed by atoms with Crippen LogP contribution in [0.3, 0.4) is 0 Å². The van der Waals surface area contributed by atoms with Crippen molar-refractivity contribution in [2.24, 2.45) is 0 Å². The quantitative estimate of drug-likeness (QED) is 0.700. The van der Waals surface area contributed by atoms with Gasteiger partial charge >= 0.3 is 0 Å². The molecule has 0 spiro atoms. The van der Waals surface area contributed by atoms with Crippen molar-refractivity contribution in [1.82, 2.24) is 9.55 Å². The summed E-state index contributed by atoms with van der Waals surface area (Å²) >= 11 is 3.54. The summed E-state index contributed by atoms with van der Waals surface area (Å²) in [5.74, 6) is 1.30. The summed E-state index contributed by atoms with van der Waals surface area (Å²) < 4.78 is 18.7. The topological polar surface area (TPSA) is 119 Å². The largest absolute Gasteiger partial charge is 0.493 e. The highest BCUT2D eigenvalue weighted by molar-refractivity contribution is 9.10. The fraction of sp³-hybridized carbons (Fsp3) is 0.316. The molecule has 2 aliphatic rings. The highest BCUT2D eigenvalue weighted by atomic mass is 79.9. The van der Waals surface area contributed by atoms with E-state index in [1.54, 1.807) is 14.2 Å². The third-order valence-corrected chi connectivity index (χ3v) is 5.68. The number of benzene rings is 1. The summed E-state index contributed by atoms with van der Waals surface area (Å²) in [5, 5.41) is 17.5. The number of ether oxygens (including phenoxy) is 3. The molecule has 8 nitrogen and oxygen atoms in total. The predicted octanol–water partition coefficient (Wildman–Crippen LogP) is 3.47. The summed E-state index contributed by atoms with van der Waals surface area (Å²) in [7, 11) is 3.16. The van der Waals surface area contributed by atoms with Crippen LogP contribution in [0.2, 0.25) is 0 Å². The van der Waals surface area contributed by atoms with E-state index in [0.717, 1.165) is 15.6 Å². The Morgan fingerprint density at radius 2 is 2.18 bits per heavy atom. The Hall–Kier alpha value is -2.99. The molecule has 2 heterocycles. The van der Waals surface area contributed by atoms with Crippen molar-refractivity contribution in [2.75, 3.05) is 20.0 Å². The number of nitrogens with two attached hydrogens (primary N) is 1. The zero-order chi connectivity index (χ0) is 20.0. The maximum absolute atomic E-state index is 9.65. The lowest BCUT2D eigenvalue weighted by Gasteiger charge is -2.34. The van der Waals surface area contributed by atoms with Gasteiger partial charge in [-0.25, -0.2) is 9.55 Å². The number of halogens is 1. The number of nitrogens with zero attached hydrogens (tertiary/aromatic N) is 3. The van der Waals surface area contributed by atoms with Crippen molar-refractivity contribution in [1.29, 1.82) is 10.7 Å². The number of nitriles is 1. The smallest absolute Gasteiger partial charge is 0.214 e. The van der Waals surface area contributed by atoms with E-state index in [1.807, 2.05) is 18.2 Å². The minimum Gasteiger partial charge on any atom is -0.493 e. The minimum absolute atomic E-state index is 0.110. The number of fused-ring (bicyclic) bond motifs is 3. The molecule has 0 amide bonds. The van der Waals surface area contributed by atoms with Gasteiger partial charge in [0.1, 0.15) is 5.69 Å². The molecule has 2 unspecified atom stereocenters. The van der Waals surface area contributed by atoms with E-state index in [4.69, 9.17) is 25.4 Å². The van der Waals surface area contributed by atoms with E-state index in [2.05, 4.69) is 27.1 Å². The predicted molar refractivity (Wildman–Crippen MR) is 106 cm³/mol. The van der Waals surface area contributed by atoms with Gasteiger partial charge in [0.25, 0.3) is 0 Å². The third-order valence-electron chi connectivity index (χ3n) is 5.09. The molecule has 2 aromatic rings. The first-order valence-corrected chi connectivity index (χ1v) is 9.40. The van der Waals surface area contributed by atoms with Gasteiger partial charge in [-0.3, -0.25) is 5.41 Å². The van der Waals surface area contributed by atoms with Crippen molar-refractivity contribution in [3.8, 4) is 17.7 Å². The SMILES string of the molecule is COc1cc(C2CC3=CCC(=N)OC3c3nc(N)n(C#N)c32)cc(Br)c1OC. The van der Waals surface area contributed by atoms with Crippen LogP contribution in [0.1, 0.15) is 41.8 Å². The van der Waals surface area contributed by atoms with Gasteiger partial charge in [0.05, 0.1) is 24.4 Å². The first-order chi connectivity index (χ1) is 13.5. The summed E-state index contributed by atoms with van der Waals surface area (Å²) in [5.41, 5.74) is 9.23. The van der Waals surface area contributed by atoms with Crippen molar-refractivity contribution in [2.45, 2.75) is 24.9 Å². The lowest BCUT2D eigenvalue weighted by atomic mass is 9.79. The molecule has 0 fully saturated rings. The highest BCUT2D eigenvalue weighted by Gasteiger charge is 2.40. The molecule has 28 heavy (non-hydrogen) atoms. The molecule has 0 radical (unpaired) electrons. The number of hydrogen-bond acceptors (Lipinski definition) is 7. The molecule has 4 rings (SSSR count). The number of methoxy groups -OCH3 is 2. The van der Waals surface area contributed by atoms with Crippen molar-refractivity contribution >= 4 is 27.8 Å². The van der Waals surface area contributed by atoms with Crippen molar-refractivity contribution in [3.63, 3.8) is 0 Å². The van der Waals surface area contributed by atoms with Crippen molar-refractivity contribution in [3.05, 3.63) is 45.2 Å². The average molecular weight is 444 g/mol. The first-order valence-electron chi connectivity index (χ1n) is 8.61. The van der Waals surface area contributed by atoms with E-state index in [0.29, 0.717) is 35.7 Å². The Balaban J connectivity index is 1.92. The lowest BCUT2D eigenvalue weighted by molar-refractivity contribution is 0.195. The molecule has 3 N–H and O–H groups in total. The molecule has 9 heteroatoms. The summed E-state index contributed by atoms with van der Waals surface area (Å²) in [6, 6.07) is 3.85. The maximum Gasteiger partial charge on any atom is 0.214 e. The molecular formula is C19H18BrN5O3. The first kappa shape index (κ1) is 18.4. The van der Waals surface area contributed by atoms with Crippen LogP contribution < -0.4 is 15.2 Å². The molecule has 1 aromatic carbocycles. The Morgan fingerprint density at radius 1 is 1.39 bits per heavy atom. The highest BCUT2D eigenvalue weighted by Crippen LogP contribution is 2.49. The number of rotatable bonds is 3. The molecule has 0 bridgehead atoms.